The second-order valence-electron chi connectivity index (χ2n) is 12.2. The van der Waals surface area contributed by atoms with Crippen LogP contribution in [-0.4, -0.2) is 48.1 Å². The lowest BCUT2D eigenvalue weighted by Crippen LogP contribution is -2.45. The standard InChI is InChI=1S/C39H39ClN4O8/c1-5-33(44-21-34(50-4)31(19-36(44)46)30-18-28(40)14-11-27(30)20-41)37(47)42-29-15-12-26(13-16-29)38(48)52-23-32(43-35(45)17-24(2)3)39(49)51-22-25-9-7-6-8-10-25/h6-16,18-19,21,24,32-33H,5,17,22-23H2,1-4H3,(H,42,47)(H,43,45). The zero-order valence-electron chi connectivity index (χ0n) is 29.2. The molecule has 1 aromatic heterocycles. The van der Waals surface area contributed by atoms with Crippen LogP contribution < -0.4 is 20.9 Å². The molecule has 4 aromatic rings. The molecule has 52 heavy (non-hydrogen) atoms. The van der Waals surface area contributed by atoms with Gasteiger partial charge in [0.2, 0.25) is 11.8 Å². The summed E-state index contributed by atoms with van der Waals surface area (Å²) in [5, 5.41) is 15.3. The summed E-state index contributed by atoms with van der Waals surface area (Å²) in [5.41, 5.74) is 1.80. The van der Waals surface area contributed by atoms with Gasteiger partial charge in [0.1, 0.15) is 25.0 Å². The Morgan fingerprint density at radius 1 is 0.942 bits per heavy atom. The number of aromatic nitrogens is 1. The van der Waals surface area contributed by atoms with Crippen LogP contribution in [0, 0.1) is 17.2 Å². The largest absolute Gasteiger partial charge is 0.495 e. The molecule has 0 saturated heterocycles. The van der Waals surface area contributed by atoms with E-state index in [1.807, 2.05) is 19.9 Å². The summed E-state index contributed by atoms with van der Waals surface area (Å²) in [6, 6.07) is 20.8. The molecular weight excluding hydrogens is 688 g/mol. The molecule has 2 N–H and O–H groups in total. The number of amides is 2. The molecule has 0 aliphatic rings. The smallest absolute Gasteiger partial charge is 0.338 e. The first kappa shape index (κ1) is 38.9. The van der Waals surface area contributed by atoms with Crippen LogP contribution in [0.2, 0.25) is 5.02 Å². The fourth-order valence-corrected chi connectivity index (χ4v) is 5.44. The van der Waals surface area contributed by atoms with E-state index in [0.717, 1.165) is 5.56 Å². The van der Waals surface area contributed by atoms with Crippen molar-refractivity contribution >= 4 is 41.0 Å². The van der Waals surface area contributed by atoms with Gasteiger partial charge in [-0.15, -0.1) is 0 Å². The first-order chi connectivity index (χ1) is 24.9. The number of rotatable bonds is 15. The highest BCUT2D eigenvalue weighted by atomic mass is 35.5. The van der Waals surface area contributed by atoms with Gasteiger partial charge in [-0.2, -0.15) is 5.26 Å². The van der Waals surface area contributed by atoms with Gasteiger partial charge in [-0.25, -0.2) is 9.59 Å². The minimum Gasteiger partial charge on any atom is -0.495 e. The van der Waals surface area contributed by atoms with Crippen molar-refractivity contribution < 1.29 is 33.4 Å². The summed E-state index contributed by atoms with van der Waals surface area (Å²) in [6.07, 6.45) is 1.84. The highest BCUT2D eigenvalue weighted by Gasteiger charge is 2.26. The topological polar surface area (TPSA) is 166 Å². The van der Waals surface area contributed by atoms with Crippen molar-refractivity contribution in [1.82, 2.24) is 9.88 Å². The maximum Gasteiger partial charge on any atom is 0.338 e. The SMILES string of the molecule is CCC(C(=O)Nc1ccc(C(=O)OCC(NC(=O)CC(C)C)C(=O)OCc2ccccc2)cc1)n1cc(OC)c(-c2cc(Cl)ccc2C#N)cc1=O. The van der Waals surface area contributed by atoms with Crippen LogP contribution in [0.3, 0.4) is 0 Å². The van der Waals surface area contributed by atoms with Crippen LogP contribution in [0.5, 0.6) is 5.75 Å². The zero-order chi connectivity index (χ0) is 37.8. The second-order valence-corrected chi connectivity index (χ2v) is 12.6. The molecule has 13 heteroatoms. The van der Waals surface area contributed by atoms with Crippen molar-refractivity contribution in [3.05, 3.63) is 117 Å². The van der Waals surface area contributed by atoms with Crippen molar-refractivity contribution in [3.63, 3.8) is 0 Å². The summed E-state index contributed by atoms with van der Waals surface area (Å²) in [6.45, 7) is 4.99. The molecule has 0 aliphatic heterocycles. The number of carbonyl (C=O) groups is 4. The molecule has 3 aromatic carbocycles. The summed E-state index contributed by atoms with van der Waals surface area (Å²) in [5.74, 6) is -2.09. The molecule has 0 radical (unpaired) electrons. The third kappa shape index (κ3) is 10.3. The van der Waals surface area contributed by atoms with E-state index in [4.69, 9.17) is 25.8 Å². The van der Waals surface area contributed by atoms with Gasteiger partial charge in [-0.05, 0) is 60.4 Å². The van der Waals surface area contributed by atoms with Gasteiger partial charge < -0.3 is 24.8 Å². The number of methoxy groups -OCH3 is 1. The fourth-order valence-electron chi connectivity index (χ4n) is 5.27. The minimum atomic E-state index is -1.22. The predicted molar refractivity (Wildman–Crippen MR) is 195 cm³/mol. The Bertz CT molecular complexity index is 2010. The van der Waals surface area contributed by atoms with Crippen LogP contribution >= 0.6 is 11.6 Å². The lowest BCUT2D eigenvalue weighted by molar-refractivity contribution is -0.150. The van der Waals surface area contributed by atoms with E-state index in [1.54, 1.807) is 49.4 Å². The number of anilines is 1. The van der Waals surface area contributed by atoms with Gasteiger partial charge in [-0.1, -0.05) is 62.7 Å². The third-order valence-corrected chi connectivity index (χ3v) is 8.12. The quantitative estimate of drug-likeness (QED) is 0.138. The molecule has 1 heterocycles. The number of nitriles is 1. The van der Waals surface area contributed by atoms with Crippen molar-refractivity contribution in [1.29, 1.82) is 5.26 Å². The van der Waals surface area contributed by atoms with Gasteiger partial charge in [-0.3, -0.25) is 19.0 Å². The molecular formula is C39H39ClN4O8. The molecule has 2 unspecified atom stereocenters. The highest BCUT2D eigenvalue weighted by Crippen LogP contribution is 2.33. The normalized spacial score (nSPS) is 11.9. The maximum absolute atomic E-state index is 13.4. The van der Waals surface area contributed by atoms with Crippen molar-refractivity contribution in [2.75, 3.05) is 19.0 Å². The number of halogens is 1. The number of ether oxygens (including phenoxy) is 3. The number of hydrogen-bond acceptors (Lipinski definition) is 9. The van der Waals surface area contributed by atoms with Crippen molar-refractivity contribution in [2.24, 2.45) is 5.92 Å². The number of pyridine rings is 1. The van der Waals surface area contributed by atoms with Crippen LogP contribution in [0.25, 0.3) is 11.1 Å². The molecule has 0 bridgehead atoms. The van der Waals surface area contributed by atoms with Crippen molar-refractivity contribution in [2.45, 2.75) is 52.3 Å². The number of hydrogen-bond donors (Lipinski definition) is 2. The monoisotopic (exact) mass is 726 g/mol. The fraction of sp³-hybridized carbons (Fsp3) is 0.282. The Hall–Kier alpha value is -5.93. The predicted octanol–water partition coefficient (Wildman–Crippen LogP) is 6.07. The molecule has 4 rings (SSSR count). The third-order valence-electron chi connectivity index (χ3n) is 7.89. The van der Waals surface area contributed by atoms with Crippen LogP contribution in [0.4, 0.5) is 5.69 Å². The summed E-state index contributed by atoms with van der Waals surface area (Å²) in [7, 11) is 1.42. The first-order valence-corrected chi connectivity index (χ1v) is 16.9. The lowest BCUT2D eigenvalue weighted by atomic mass is 10.00. The molecule has 2 atom stereocenters. The molecule has 0 spiro atoms. The average Bonchev–Trinajstić information content (AvgIpc) is 3.13. The van der Waals surface area contributed by atoms with E-state index in [-0.39, 0.29) is 42.6 Å². The molecule has 0 fully saturated rings. The van der Waals surface area contributed by atoms with Crippen LogP contribution in [0.15, 0.2) is 89.9 Å². The maximum atomic E-state index is 13.4. The van der Waals surface area contributed by atoms with E-state index in [0.29, 0.717) is 27.4 Å². The summed E-state index contributed by atoms with van der Waals surface area (Å²) >= 11 is 6.16. The Morgan fingerprint density at radius 3 is 2.29 bits per heavy atom. The summed E-state index contributed by atoms with van der Waals surface area (Å²) < 4.78 is 17.6. The lowest BCUT2D eigenvalue weighted by Gasteiger charge is -2.20. The second kappa shape index (κ2) is 18.3. The number of carbonyl (C=O) groups excluding carboxylic acids is 4. The van der Waals surface area contributed by atoms with Crippen LogP contribution in [-0.2, 0) is 30.5 Å². The van der Waals surface area contributed by atoms with Gasteiger partial charge >= 0.3 is 11.9 Å². The Balaban J connectivity index is 1.43. The average molecular weight is 727 g/mol. The van der Waals surface area contributed by atoms with Gasteiger partial charge in [0.05, 0.1) is 30.5 Å². The molecule has 0 aliphatic carbocycles. The van der Waals surface area contributed by atoms with E-state index in [2.05, 4.69) is 16.7 Å². The zero-order valence-corrected chi connectivity index (χ0v) is 29.9. The number of benzene rings is 3. The molecule has 0 saturated carbocycles. The van der Waals surface area contributed by atoms with E-state index in [1.165, 1.54) is 48.2 Å². The Morgan fingerprint density at radius 2 is 1.65 bits per heavy atom. The summed E-state index contributed by atoms with van der Waals surface area (Å²) in [4.78, 5) is 65.0. The Kier molecular flexibility index (Phi) is 13.7. The minimum absolute atomic E-state index is 0.0179. The molecule has 270 valence electrons. The van der Waals surface area contributed by atoms with Crippen molar-refractivity contribution in [3.8, 4) is 22.9 Å². The molecule has 2 amide bonds. The van der Waals surface area contributed by atoms with Gasteiger partial charge in [0.15, 0.2) is 6.04 Å². The highest BCUT2D eigenvalue weighted by molar-refractivity contribution is 6.31. The number of nitrogens with one attached hydrogen (secondary N) is 2. The van der Waals surface area contributed by atoms with Crippen LogP contribution in [0.1, 0.15) is 61.1 Å². The van der Waals surface area contributed by atoms with E-state index >= 15 is 0 Å². The Labute approximate surface area is 306 Å². The van der Waals surface area contributed by atoms with E-state index in [9.17, 15) is 29.2 Å². The molecule has 12 nitrogen and oxygen atoms in total. The number of nitrogens with zero attached hydrogens (tertiary/aromatic N) is 2. The van der Waals surface area contributed by atoms with Gasteiger partial charge in [0, 0.05) is 34.3 Å². The number of esters is 2. The van der Waals surface area contributed by atoms with Gasteiger partial charge in [0.25, 0.3) is 5.56 Å². The van der Waals surface area contributed by atoms with E-state index < -0.39 is 42.1 Å². The first-order valence-electron chi connectivity index (χ1n) is 16.5.